The number of aryl methyl sites for hydroxylation is 3. The number of anilines is 1. The van der Waals surface area contributed by atoms with Crippen molar-refractivity contribution in [1.82, 2.24) is 9.55 Å². The molecule has 0 bridgehead atoms. The van der Waals surface area contributed by atoms with Crippen molar-refractivity contribution in [2.45, 2.75) is 13.8 Å². The van der Waals surface area contributed by atoms with Crippen LogP contribution in [-0.4, -0.2) is 15.5 Å². The molecule has 2 aromatic carbocycles. The number of carbonyl (C=O) groups excluding carboxylic acids is 1. The number of aromatic nitrogens is 2. The third kappa shape index (κ3) is 2.93. The van der Waals surface area contributed by atoms with E-state index >= 15 is 0 Å². The summed E-state index contributed by atoms with van der Waals surface area (Å²) >= 11 is 0. The van der Waals surface area contributed by atoms with Crippen LogP contribution in [0.3, 0.4) is 0 Å². The number of rotatable bonds is 2. The molecule has 1 amide bonds. The van der Waals surface area contributed by atoms with Crippen molar-refractivity contribution in [3.05, 3.63) is 81.5 Å². The fraction of sp³-hybridized carbons (Fsp3) is 0.136. The molecule has 0 aliphatic rings. The van der Waals surface area contributed by atoms with E-state index in [0.29, 0.717) is 5.69 Å². The molecule has 2 aromatic heterocycles. The molecule has 6 heteroatoms. The van der Waals surface area contributed by atoms with Gasteiger partial charge in [-0.1, -0.05) is 17.7 Å². The van der Waals surface area contributed by atoms with Crippen LogP contribution in [0.1, 0.15) is 21.6 Å². The second kappa shape index (κ2) is 6.56. The SMILES string of the molecule is Cc1ccc2nc(C)cc(NC(=O)c3cn(C)c4c(F)cccc4c3=O)c2c1. The van der Waals surface area contributed by atoms with Gasteiger partial charge in [-0.25, -0.2) is 4.39 Å². The van der Waals surface area contributed by atoms with Crippen molar-refractivity contribution in [1.29, 1.82) is 0 Å². The molecule has 0 radical (unpaired) electrons. The monoisotopic (exact) mass is 375 g/mol. The highest BCUT2D eigenvalue weighted by atomic mass is 19.1. The lowest BCUT2D eigenvalue weighted by atomic mass is 10.1. The van der Waals surface area contributed by atoms with E-state index in [9.17, 15) is 14.0 Å². The number of nitrogens with zero attached hydrogens (tertiary/aromatic N) is 2. The van der Waals surface area contributed by atoms with Crippen LogP contribution in [0.4, 0.5) is 10.1 Å². The van der Waals surface area contributed by atoms with Gasteiger partial charge in [0.15, 0.2) is 0 Å². The Morgan fingerprint density at radius 3 is 2.68 bits per heavy atom. The number of benzene rings is 2. The van der Waals surface area contributed by atoms with Gasteiger partial charge in [-0.05, 0) is 44.2 Å². The number of pyridine rings is 2. The van der Waals surface area contributed by atoms with E-state index in [1.54, 1.807) is 13.1 Å². The first kappa shape index (κ1) is 17.9. The van der Waals surface area contributed by atoms with E-state index < -0.39 is 17.2 Å². The summed E-state index contributed by atoms with van der Waals surface area (Å²) < 4.78 is 15.6. The van der Waals surface area contributed by atoms with Gasteiger partial charge < -0.3 is 9.88 Å². The van der Waals surface area contributed by atoms with E-state index in [1.165, 1.54) is 29.0 Å². The van der Waals surface area contributed by atoms with E-state index in [1.807, 2.05) is 32.0 Å². The van der Waals surface area contributed by atoms with Crippen molar-refractivity contribution in [3.8, 4) is 0 Å². The van der Waals surface area contributed by atoms with Crippen LogP contribution in [0.15, 0.2) is 53.5 Å². The second-order valence-corrected chi connectivity index (χ2v) is 6.90. The minimum absolute atomic E-state index is 0.0455. The Labute approximate surface area is 160 Å². The lowest BCUT2D eigenvalue weighted by molar-refractivity contribution is 0.102. The number of para-hydroxylation sites is 1. The minimum Gasteiger partial charge on any atom is -0.347 e. The molecule has 0 saturated heterocycles. The first-order valence-corrected chi connectivity index (χ1v) is 8.82. The van der Waals surface area contributed by atoms with Crippen molar-refractivity contribution in [2.24, 2.45) is 7.05 Å². The lowest BCUT2D eigenvalue weighted by Crippen LogP contribution is -2.24. The average molecular weight is 375 g/mol. The molecule has 0 aliphatic heterocycles. The van der Waals surface area contributed by atoms with Crippen LogP contribution in [0.5, 0.6) is 0 Å². The fourth-order valence-electron chi connectivity index (χ4n) is 3.45. The highest BCUT2D eigenvalue weighted by molar-refractivity contribution is 6.09. The van der Waals surface area contributed by atoms with Gasteiger partial charge in [-0.2, -0.15) is 0 Å². The molecule has 4 aromatic rings. The van der Waals surface area contributed by atoms with Gasteiger partial charge in [0.2, 0.25) is 5.43 Å². The standard InChI is InChI=1S/C22H18FN3O2/c1-12-7-8-18-15(9-12)19(10-13(2)24-18)25-22(28)16-11-26(3)20-14(21(16)27)5-4-6-17(20)23/h4-11H,1-3H3,(H,24,25,28). The Bertz CT molecular complexity index is 1330. The Morgan fingerprint density at radius 2 is 1.89 bits per heavy atom. The smallest absolute Gasteiger partial charge is 0.261 e. The molecule has 0 atom stereocenters. The molecule has 0 saturated carbocycles. The topological polar surface area (TPSA) is 64.0 Å². The van der Waals surface area contributed by atoms with Crippen LogP contribution < -0.4 is 10.7 Å². The maximum Gasteiger partial charge on any atom is 0.261 e. The Balaban J connectivity index is 1.84. The van der Waals surface area contributed by atoms with Gasteiger partial charge in [0, 0.05) is 29.7 Å². The molecule has 2 heterocycles. The number of fused-ring (bicyclic) bond motifs is 2. The first-order valence-electron chi connectivity index (χ1n) is 8.82. The number of halogens is 1. The molecule has 1 N–H and O–H groups in total. The summed E-state index contributed by atoms with van der Waals surface area (Å²) in [4.78, 5) is 30.2. The number of nitrogens with one attached hydrogen (secondary N) is 1. The molecule has 0 fully saturated rings. The van der Waals surface area contributed by atoms with Gasteiger partial charge in [-0.3, -0.25) is 14.6 Å². The Kier molecular flexibility index (Phi) is 4.19. The van der Waals surface area contributed by atoms with E-state index in [0.717, 1.165) is 22.2 Å². The fourth-order valence-corrected chi connectivity index (χ4v) is 3.45. The number of carbonyl (C=O) groups is 1. The zero-order chi connectivity index (χ0) is 20.0. The summed E-state index contributed by atoms with van der Waals surface area (Å²) in [7, 11) is 1.61. The Hall–Kier alpha value is -3.54. The number of hydrogen-bond donors (Lipinski definition) is 1. The third-order valence-electron chi connectivity index (χ3n) is 4.74. The molecule has 28 heavy (non-hydrogen) atoms. The van der Waals surface area contributed by atoms with Gasteiger partial charge in [0.25, 0.3) is 5.91 Å². The number of amides is 1. The predicted molar refractivity (Wildman–Crippen MR) is 108 cm³/mol. The average Bonchev–Trinajstić information content (AvgIpc) is 2.65. The largest absolute Gasteiger partial charge is 0.347 e. The van der Waals surface area contributed by atoms with Gasteiger partial charge in [0.1, 0.15) is 11.4 Å². The molecule has 140 valence electrons. The van der Waals surface area contributed by atoms with Crippen molar-refractivity contribution in [2.75, 3.05) is 5.32 Å². The normalized spacial score (nSPS) is 11.1. The lowest BCUT2D eigenvalue weighted by Gasteiger charge is -2.12. The number of hydrogen-bond acceptors (Lipinski definition) is 3. The van der Waals surface area contributed by atoms with Crippen LogP contribution in [-0.2, 0) is 7.05 Å². The summed E-state index contributed by atoms with van der Waals surface area (Å²) in [5.74, 6) is -1.05. The zero-order valence-electron chi connectivity index (χ0n) is 15.7. The predicted octanol–water partition coefficient (Wildman–Crippen LogP) is 4.09. The maximum absolute atomic E-state index is 14.1. The summed E-state index contributed by atoms with van der Waals surface area (Å²) in [6.45, 7) is 3.80. The van der Waals surface area contributed by atoms with E-state index in [4.69, 9.17) is 0 Å². The van der Waals surface area contributed by atoms with Crippen molar-refractivity contribution >= 4 is 33.4 Å². The first-order chi connectivity index (χ1) is 13.3. The summed E-state index contributed by atoms with van der Waals surface area (Å²) in [5.41, 5.74) is 2.75. The highest BCUT2D eigenvalue weighted by Gasteiger charge is 2.17. The molecule has 4 rings (SSSR count). The van der Waals surface area contributed by atoms with Crippen LogP contribution in [0, 0.1) is 19.7 Å². The minimum atomic E-state index is -0.542. The molecule has 5 nitrogen and oxygen atoms in total. The van der Waals surface area contributed by atoms with Gasteiger partial charge in [0.05, 0.1) is 16.7 Å². The third-order valence-corrected chi connectivity index (χ3v) is 4.74. The maximum atomic E-state index is 14.1. The quantitative estimate of drug-likeness (QED) is 0.574. The van der Waals surface area contributed by atoms with E-state index in [-0.39, 0.29) is 16.5 Å². The zero-order valence-corrected chi connectivity index (χ0v) is 15.7. The van der Waals surface area contributed by atoms with E-state index in [2.05, 4.69) is 10.3 Å². The van der Waals surface area contributed by atoms with Crippen LogP contribution >= 0.6 is 0 Å². The molecule has 0 unspecified atom stereocenters. The molecule has 0 aliphatic carbocycles. The second-order valence-electron chi connectivity index (χ2n) is 6.90. The van der Waals surface area contributed by atoms with Gasteiger partial charge in [-0.15, -0.1) is 0 Å². The summed E-state index contributed by atoms with van der Waals surface area (Å²) in [6, 6.07) is 11.8. The summed E-state index contributed by atoms with van der Waals surface area (Å²) in [6.07, 6.45) is 1.37. The summed E-state index contributed by atoms with van der Waals surface area (Å²) in [5, 5.41) is 3.79. The van der Waals surface area contributed by atoms with Crippen LogP contribution in [0.2, 0.25) is 0 Å². The van der Waals surface area contributed by atoms with Crippen molar-refractivity contribution in [3.63, 3.8) is 0 Å². The highest BCUT2D eigenvalue weighted by Crippen LogP contribution is 2.25. The molecular weight excluding hydrogens is 357 g/mol. The van der Waals surface area contributed by atoms with Crippen molar-refractivity contribution < 1.29 is 9.18 Å². The van der Waals surface area contributed by atoms with Crippen LogP contribution in [0.25, 0.3) is 21.8 Å². The molecule has 0 spiro atoms. The Morgan fingerprint density at radius 1 is 1.11 bits per heavy atom. The van der Waals surface area contributed by atoms with Gasteiger partial charge >= 0.3 is 0 Å². The molecular formula is C22H18FN3O2.